The standard InChI is InChI=1S/C21H23NOS/c1-3-12-21(23)13-6-7-16(21)15-10-11-18-20(14-15)24-19-9-5-4-8-17(19)22(18)2/h3-5,8-11,14,16,23H,1,6-7,12-13H2,2H3/t16-,21-/m1/s1. The summed E-state index contributed by atoms with van der Waals surface area (Å²) >= 11 is 1.83. The van der Waals surface area contributed by atoms with Gasteiger partial charge in [-0.15, -0.1) is 6.58 Å². The lowest BCUT2D eigenvalue weighted by molar-refractivity contribution is 0.0330. The van der Waals surface area contributed by atoms with E-state index < -0.39 is 5.60 Å². The molecule has 1 aliphatic carbocycles. The molecule has 4 rings (SSSR count). The van der Waals surface area contributed by atoms with Crippen LogP contribution in [0.5, 0.6) is 0 Å². The fourth-order valence-electron chi connectivity index (χ4n) is 4.20. The van der Waals surface area contributed by atoms with Crippen LogP contribution in [-0.4, -0.2) is 17.8 Å². The molecule has 0 radical (unpaired) electrons. The molecule has 1 N–H and O–H groups in total. The molecular weight excluding hydrogens is 314 g/mol. The number of nitrogens with zero attached hydrogens (tertiary/aromatic N) is 1. The summed E-state index contributed by atoms with van der Waals surface area (Å²) < 4.78 is 0. The molecule has 3 heteroatoms. The summed E-state index contributed by atoms with van der Waals surface area (Å²) in [4.78, 5) is 4.83. The summed E-state index contributed by atoms with van der Waals surface area (Å²) in [5.74, 6) is 0.212. The van der Waals surface area contributed by atoms with Crippen molar-refractivity contribution in [3.63, 3.8) is 0 Å². The maximum absolute atomic E-state index is 11.0. The quantitative estimate of drug-likeness (QED) is 0.749. The second-order valence-electron chi connectivity index (χ2n) is 6.90. The van der Waals surface area contributed by atoms with Gasteiger partial charge in [0.15, 0.2) is 0 Å². The minimum atomic E-state index is -0.626. The van der Waals surface area contributed by atoms with E-state index in [1.165, 1.54) is 26.7 Å². The number of benzene rings is 2. The van der Waals surface area contributed by atoms with Gasteiger partial charge in [-0.3, -0.25) is 0 Å². The van der Waals surface area contributed by atoms with Crippen molar-refractivity contribution in [3.05, 3.63) is 60.7 Å². The molecule has 0 saturated heterocycles. The molecule has 1 heterocycles. The molecule has 2 aliphatic rings. The van der Waals surface area contributed by atoms with E-state index in [9.17, 15) is 5.11 Å². The first-order valence-electron chi connectivity index (χ1n) is 8.60. The van der Waals surface area contributed by atoms with Gasteiger partial charge < -0.3 is 10.0 Å². The van der Waals surface area contributed by atoms with Crippen LogP contribution in [0.2, 0.25) is 0 Å². The Morgan fingerprint density at radius 2 is 2.04 bits per heavy atom. The van der Waals surface area contributed by atoms with Gasteiger partial charge in [-0.1, -0.05) is 36.0 Å². The average molecular weight is 337 g/mol. The van der Waals surface area contributed by atoms with Crippen molar-refractivity contribution >= 4 is 23.1 Å². The molecule has 0 bridgehead atoms. The Labute approximate surface area is 148 Å². The maximum atomic E-state index is 11.0. The number of para-hydroxylation sites is 1. The first-order chi connectivity index (χ1) is 11.6. The minimum Gasteiger partial charge on any atom is -0.389 e. The molecular formula is C21H23NOS. The van der Waals surface area contributed by atoms with Gasteiger partial charge in [-0.25, -0.2) is 0 Å². The molecule has 2 nitrogen and oxygen atoms in total. The summed E-state index contributed by atoms with van der Waals surface area (Å²) in [6.07, 6.45) is 5.54. The molecule has 1 saturated carbocycles. The smallest absolute Gasteiger partial charge is 0.0750 e. The number of hydrogen-bond donors (Lipinski definition) is 1. The zero-order valence-electron chi connectivity index (χ0n) is 14.0. The number of anilines is 2. The van der Waals surface area contributed by atoms with Gasteiger partial charge in [0.2, 0.25) is 0 Å². The van der Waals surface area contributed by atoms with Crippen LogP contribution in [0.4, 0.5) is 11.4 Å². The predicted molar refractivity (Wildman–Crippen MR) is 101 cm³/mol. The zero-order valence-corrected chi connectivity index (χ0v) is 14.9. The van der Waals surface area contributed by atoms with E-state index in [-0.39, 0.29) is 5.92 Å². The number of aliphatic hydroxyl groups is 1. The summed E-state index contributed by atoms with van der Waals surface area (Å²) in [5, 5.41) is 11.0. The normalized spacial score (nSPS) is 25.2. The molecule has 124 valence electrons. The first-order valence-corrected chi connectivity index (χ1v) is 9.42. The highest BCUT2D eigenvalue weighted by Gasteiger charge is 2.41. The van der Waals surface area contributed by atoms with Gasteiger partial charge in [0.1, 0.15) is 0 Å². The van der Waals surface area contributed by atoms with E-state index in [2.05, 4.69) is 61.0 Å². The Kier molecular flexibility index (Phi) is 3.93. The Bertz CT molecular complexity index is 787. The third kappa shape index (κ3) is 2.47. The van der Waals surface area contributed by atoms with Gasteiger partial charge in [-0.2, -0.15) is 0 Å². The summed E-state index contributed by atoms with van der Waals surface area (Å²) in [5.41, 5.74) is 3.13. The highest BCUT2D eigenvalue weighted by Crippen LogP contribution is 2.50. The monoisotopic (exact) mass is 337 g/mol. The fraction of sp³-hybridized carbons (Fsp3) is 0.333. The lowest BCUT2D eigenvalue weighted by Crippen LogP contribution is -2.31. The number of hydrogen-bond acceptors (Lipinski definition) is 3. The van der Waals surface area contributed by atoms with Crippen LogP contribution < -0.4 is 4.90 Å². The zero-order chi connectivity index (χ0) is 16.7. The second kappa shape index (κ2) is 5.98. The van der Waals surface area contributed by atoms with Crippen molar-refractivity contribution in [1.29, 1.82) is 0 Å². The molecule has 0 unspecified atom stereocenters. The molecule has 0 amide bonds. The first kappa shape index (κ1) is 15.8. The van der Waals surface area contributed by atoms with Crippen LogP contribution in [0.15, 0.2) is 64.9 Å². The van der Waals surface area contributed by atoms with Crippen LogP contribution in [0, 0.1) is 0 Å². The highest BCUT2D eigenvalue weighted by molar-refractivity contribution is 7.99. The van der Waals surface area contributed by atoms with E-state index in [1.54, 1.807) is 0 Å². The van der Waals surface area contributed by atoms with Crippen LogP contribution >= 0.6 is 11.8 Å². The van der Waals surface area contributed by atoms with E-state index in [4.69, 9.17) is 0 Å². The van der Waals surface area contributed by atoms with Crippen LogP contribution in [0.3, 0.4) is 0 Å². The van der Waals surface area contributed by atoms with Gasteiger partial charge >= 0.3 is 0 Å². The Morgan fingerprint density at radius 3 is 2.88 bits per heavy atom. The molecule has 2 aromatic carbocycles. The van der Waals surface area contributed by atoms with Gasteiger partial charge in [0.05, 0.1) is 17.0 Å². The van der Waals surface area contributed by atoms with Crippen molar-refractivity contribution in [2.24, 2.45) is 0 Å². The molecule has 1 aliphatic heterocycles. The maximum Gasteiger partial charge on any atom is 0.0750 e. The van der Waals surface area contributed by atoms with Crippen molar-refractivity contribution in [1.82, 2.24) is 0 Å². The van der Waals surface area contributed by atoms with Crippen molar-refractivity contribution in [2.45, 2.75) is 47.0 Å². The molecule has 0 spiro atoms. The highest BCUT2D eigenvalue weighted by atomic mass is 32.2. The SMILES string of the molecule is C=CC[C@@]1(O)CCC[C@@H]1c1ccc2c(c1)Sc1ccccc1N2C. The second-order valence-corrected chi connectivity index (χ2v) is 7.98. The summed E-state index contributed by atoms with van der Waals surface area (Å²) in [7, 11) is 2.13. The number of rotatable bonds is 3. The Balaban J connectivity index is 1.72. The van der Waals surface area contributed by atoms with Crippen LogP contribution in [0.25, 0.3) is 0 Å². The van der Waals surface area contributed by atoms with Crippen molar-refractivity contribution < 1.29 is 5.11 Å². The third-order valence-corrected chi connectivity index (χ3v) is 6.56. The molecule has 0 aromatic heterocycles. The largest absolute Gasteiger partial charge is 0.389 e. The minimum absolute atomic E-state index is 0.212. The van der Waals surface area contributed by atoms with Gasteiger partial charge in [0, 0.05) is 22.8 Å². The van der Waals surface area contributed by atoms with E-state index in [1.807, 2.05) is 17.8 Å². The van der Waals surface area contributed by atoms with Gasteiger partial charge in [0.25, 0.3) is 0 Å². The van der Waals surface area contributed by atoms with Crippen LogP contribution in [-0.2, 0) is 0 Å². The molecule has 24 heavy (non-hydrogen) atoms. The van der Waals surface area contributed by atoms with E-state index in [0.717, 1.165) is 19.3 Å². The predicted octanol–water partition coefficient (Wildman–Crippen LogP) is 5.49. The Hall–Kier alpha value is -1.71. The lowest BCUT2D eigenvalue weighted by Gasteiger charge is -2.32. The Morgan fingerprint density at radius 1 is 1.25 bits per heavy atom. The van der Waals surface area contributed by atoms with Gasteiger partial charge in [-0.05, 0) is 55.5 Å². The van der Waals surface area contributed by atoms with E-state index >= 15 is 0 Å². The van der Waals surface area contributed by atoms with E-state index in [0.29, 0.717) is 6.42 Å². The average Bonchev–Trinajstić information content (AvgIpc) is 2.96. The fourth-order valence-corrected chi connectivity index (χ4v) is 5.40. The van der Waals surface area contributed by atoms with Crippen LogP contribution in [0.1, 0.15) is 37.2 Å². The summed E-state index contributed by atoms with van der Waals surface area (Å²) in [6.45, 7) is 3.83. The molecule has 2 atom stereocenters. The molecule has 2 aromatic rings. The van der Waals surface area contributed by atoms with Crippen molar-refractivity contribution in [2.75, 3.05) is 11.9 Å². The topological polar surface area (TPSA) is 23.5 Å². The number of fused-ring (bicyclic) bond motifs is 2. The molecule has 1 fully saturated rings. The van der Waals surface area contributed by atoms with Crippen molar-refractivity contribution in [3.8, 4) is 0 Å². The lowest BCUT2D eigenvalue weighted by atomic mass is 9.82. The third-order valence-electron chi connectivity index (χ3n) is 5.44. The summed E-state index contributed by atoms with van der Waals surface area (Å²) in [6, 6.07) is 15.2.